The Morgan fingerprint density at radius 3 is 0.805 bits per heavy atom. The molecule has 5 atom stereocenters. The summed E-state index contributed by atoms with van der Waals surface area (Å²) in [6, 6.07) is 109. The van der Waals surface area contributed by atoms with E-state index >= 15 is 0 Å². The Morgan fingerprint density at radius 1 is 0.221 bits per heavy atom. The van der Waals surface area contributed by atoms with E-state index in [1.54, 1.807) is 35.5 Å². The van der Waals surface area contributed by atoms with E-state index in [0.29, 0.717) is 42.9 Å². The smallest absolute Gasteiger partial charge is 0.188 e. The van der Waals surface area contributed by atoms with Gasteiger partial charge in [0.15, 0.2) is 34.0 Å². The summed E-state index contributed by atoms with van der Waals surface area (Å²) in [6.07, 6.45) is 0. The molecule has 0 aromatic heterocycles. The number of hydrogen-bond acceptors (Lipinski definition) is 15. The molecule has 0 fully saturated rings. The summed E-state index contributed by atoms with van der Waals surface area (Å²) < 4.78 is 55.7. The first kappa shape index (κ1) is 117. The van der Waals surface area contributed by atoms with Gasteiger partial charge < -0.3 is 47.4 Å². The molecule has 0 amide bonds. The first-order valence-corrected chi connectivity index (χ1v) is 55.2. The Balaban J connectivity index is 0.000000177. The molecule has 0 saturated heterocycles. The van der Waals surface area contributed by atoms with E-state index in [2.05, 4.69) is 310 Å². The third kappa shape index (κ3) is 34.6. The van der Waals surface area contributed by atoms with Gasteiger partial charge in [-0.1, -0.05) is 314 Å². The lowest BCUT2D eigenvalue weighted by atomic mass is 9.85. The summed E-state index contributed by atoms with van der Waals surface area (Å²) in [5.41, 5.74) is 31.8. The minimum absolute atomic E-state index is 0.0342. The summed E-state index contributed by atoms with van der Waals surface area (Å²) >= 11 is 0. The number of benzene rings is 15. The van der Waals surface area contributed by atoms with Gasteiger partial charge in [0.05, 0.1) is 28.4 Å². The van der Waals surface area contributed by atoms with E-state index in [1.165, 1.54) is 136 Å². The topological polar surface area (TPSA) is 154 Å². The highest BCUT2D eigenvalue weighted by molar-refractivity contribution is 7.57. The molecule has 20 heteroatoms. The standard InChI is InChI=1S/2C28H34NO2P.C25H28NO2P.2C24H26NO2P/c1-19-16-24(28(4,5)6)26(31-18-30-7)25(17-19)32-27-20(2)12-11-15-23(27)21(3)29-22-13-9-8-10-14-22;1-19-12-11-15-24(21(3)29-23-13-9-8-10-14-23)27(19)32-25-17-22(28(4,5)6)16-20(2)26(25)31-18-30-7;1-17-14-19(3)24(28-16-27-5)23(15-17)29-25-18(2)10-9-13-22(25)20(4)26-21-11-7-6-8-12-21;1-17-10-9-15-22(23(17)27-16-26-4)28-24-18(2)11-8-14-21(24)19(3)25-20-12-6-5-7-13-20;1-17-13-14-22(27-16-26-4)23(15-17)28-24-18(2)9-8-12-21(24)19(3)25-20-10-6-5-7-11-20/h2*8-17,32H,18H2,1-7H3;6-15,29H,16H2,1-5H3;2*5-15,28H,16H2,1-4H3. The van der Waals surface area contributed by atoms with E-state index < -0.39 is 0 Å². The molecule has 0 aliphatic carbocycles. The average Bonchev–Trinajstić information content (AvgIpc) is 0.802. The Labute approximate surface area is 896 Å². The van der Waals surface area contributed by atoms with E-state index in [4.69, 9.17) is 72.3 Å². The largest absolute Gasteiger partial charge is 0.467 e. The predicted octanol–water partition coefficient (Wildman–Crippen LogP) is 28.2. The molecular formula is C129H148N5O10P5. The van der Waals surface area contributed by atoms with Gasteiger partial charge in [-0.25, -0.2) is 0 Å². The van der Waals surface area contributed by atoms with E-state index in [-0.39, 0.29) is 44.8 Å². The Kier molecular flexibility index (Phi) is 45.6. The van der Waals surface area contributed by atoms with Crippen LogP contribution >= 0.6 is 42.9 Å². The highest BCUT2D eigenvalue weighted by Gasteiger charge is 2.27. The molecule has 15 nitrogen and oxygen atoms in total. The molecule has 15 aromatic rings. The van der Waals surface area contributed by atoms with Crippen molar-refractivity contribution in [2.24, 2.45) is 25.0 Å². The van der Waals surface area contributed by atoms with Crippen LogP contribution < -0.4 is 76.7 Å². The van der Waals surface area contributed by atoms with E-state index in [0.717, 1.165) is 102 Å². The van der Waals surface area contributed by atoms with Gasteiger partial charge in [-0.3, -0.25) is 25.0 Å². The molecule has 0 aliphatic heterocycles. The SMILES string of the molecule is COCOc1c(C)cc(C(C)(C)C)cc1Pc1c(C)cccc1C(C)=Nc1ccccc1.COCOc1c(C)cc(C)cc1Pc1c(C)cccc1C(C)=Nc1ccccc1.COCOc1c(C)cccc1Pc1c(C)cccc1C(C)=Nc1ccccc1.COCOc1c(Pc2c(C)cccc2C(C)=Nc2ccccc2)cc(C)cc1C(C)(C)C.COCOc1ccc(C)cc1Pc1c(C)cccc1C(C)=Nc1ccccc1. The van der Waals surface area contributed by atoms with E-state index in [9.17, 15) is 0 Å². The summed E-state index contributed by atoms with van der Waals surface area (Å²) in [7, 11) is 10.6. The van der Waals surface area contributed by atoms with Crippen LogP contribution in [0.2, 0.25) is 0 Å². The molecule has 0 radical (unpaired) electrons. The molecule has 774 valence electrons. The van der Waals surface area contributed by atoms with Crippen LogP contribution in [0.5, 0.6) is 28.7 Å². The van der Waals surface area contributed by atoms with Crippen molar-refractivity contribution in [2.75, 3.05) is 69.5 Å². The quantitative estimate of drug-likeness (QED) is 0.0213. The fourth-order valence-electron chi connectivity index (χ4n) is 16.8. The highest BCUT2D eigenvalue weighted by Crippen LogP contribution is 2.39. The molecule has 0 heterocycles. The zero-order chi connectivity index (χ0) is 107. The van der Waals surface area contributed by atoms with Crippen LogP contribution in [-0.2, 0) is 34.5 Å². The molecule has 0 aliphatic rings. The first-order chi connectivity index (χ1) is 71.6. The number of nitrogens with zero attached hydrogens (tertiary/aromatic N) is 5. The minimum atomic E-state index is -0.0342. The Bertz CT molecular complexity index is 6890. The fraction of sp³-hybridized carbons (Fsp3) is 0.264. The van der Waals surface area contributed by atoms with Gasteiger partial charge in [-0.05, 0) is 300 Å². The van der Waals surface area contributed by atoms with Gasteiger partial charge in [0.2, 0.25) is 0 Å². The van der Waals surface area contributed by atoms with Crippen molar-refractivity contribution in [3.63, 3.8) is 0 Å². The second-order valence-electron chi connectivity index (χ2n) is 38.8. The third-order valence-electron chi connectivity index (χ3n) is 24.4. The Hall–Kier alpha value is -12.4. The number of hydrogen-bond donors (Lipinski definition) is 0. The minimum Gasteiger partial charge on any atom is -0.467 e. The molecule has 15 rings (SSSR count). The predicted molar refractivity (Wildman–Crippen MR) is 646 cm³/mol. The summed E-state index contributed by atoms with van der Waals surface area (Å²) in [4.78, 5) is 24.3. The lowest BCUT2D eigenvalue weighted by Crippen LogP contribution is -2.22. The molecule has 0 saturated carbocycles. The van der Waals surface area contributed by atoms with Crippen LogP contribution in [0.25, 0.3) is 0 Å². The van der Waals surface area contributed by atoms with Crippen molar-refractivity contribution >= 4 is 153 Å². The highest BCUT2D eigenvalue weighted by atomic mass is 31.1. The number of para-hydroxylation sites is 6. The van der Waals surface area contributed by atoms with Gasteiger partial charge in [0.25, 0.3) is 0 Å². The second kappa shape index (κ2) is 58.1. The maximum atomic E-state index is 6.16. The molecular weight excluding hydrogens is 1930 g/mol. The van der Waals surface area contributed by atoms with Gasteiger partial charge >= 0.3 is 0 Å². The first-order valence-electron chi connectivity index (χ1n) is 50.2. The maximum Gasteiger partial charge on any atom is 0.188 e. The van der Waals surface area contributed by atoms with Crippen molar-refractivity contribution in [3.8, 4) is 28.7 Å². The lowest BCUT2D eigenvalue weighted by Gasteiger charge is -2.26. The molecule has 5 unspecified atom stereocenters. The molecule has 0 N–H and O–H groups in total. The normalized spacial score (nSPS) is 12.2. The van der Waals surface area contributed by atoms with Crippen LogP contribution in [0, 0.1) is 76.2 Å². The number of rotatable bonds is 35. The van der Waals surface area contributed by atoms with Gasteiger partial charge in [-0.2, -0.15) is 0 Å². The number of aryl methyl sites for hydroxylation is 11. The number of methoxy groups -OCH3 is 5. The monoisotopic (exact) mass is 2080 g/mol. The lowest BCUT2D eigenvalue weighted by molar-refractivity contribution is 0.0505. The van der Waals surface area contributed by atoms with E-state index in [1.807, 2.05) is 158 Å². The average molecular weight is 2080 g/mol. The Morgan fingerprint density at radius 2 is 0.483 bits per heavy atom. The van der Waals surface area contributed by atoms with Gasteiger partial charge in [0.1, 0.15) is 28.7 Å². The fourth-order valence-corrected chi connectivity index (χ4v) is 24.6. The van der Waals surface area contributed by atoms with Crippen molar-refractivity contribution in [3.05, 3.63) is 416 Å². The summed E-state index contributed by atoms with van der Waals surface area (Å²) in [5, 5.41) is 12.5. The van der Waals surface area contributed by atoms with Crippen LogP contribution in [0.15, 0.2) is 340 Å². The van der Waals surface area contributed by atoms with Crippen LogP contribution in [0.4, 0.5) is 28.4 Å². The van der Waals surface area contributed by atoms with Gasteiger partial charge in [-0.15, -0.1) is 0 Å². The third-order valence-corrected chi connectivity index (χ3v) is 32.3. The van der Waals surface area contributed by atoms with Crippen LogP contribution in [0.1, 0.15) is 176 Å². The van der Waals surface area contributed by atoms with Gasteiger partial charge in [0, 0.05) is 124 Å². The molecule has 0 spiro atoms. The summed E-state index contributed by atoms with van der Waals surface area (Å²) in [5.74, 6) is 4.56. The van der Waals surface area contributed by atoms with Crippen molar-refractivity contribution in [1.82, 2.24) is 0 Å². The molecule has 149 heavy (non-hydrogen) atoms. The number of ether oxygens (including phenoxy) is 10. The van der Waals surface area contributed by atoms with Crippen molar-refractivity contribution in [1.29, 1.82) is 0 Å². The molecule has 15 aromatic carbocycles. The zero-order valence-corrected chi connectivity index (χ0v) is 96.9. The van der Waals surface area contributed by atoms with Crippen LogP contribution in [0.3, 0.4) is 0 Å². The second-order valence-corrected chi connectivity index (χ2v) is 45.2. The van der Waals surface area contributed by atoms with Crippen molar-refractivity contribution < 1.29 is 47.4 Å². The zero-order valence-electron chi connectivity index (χ0n) is 91.9. The van der Waals surface area contributed by atoms with Crippen molar-refractivity contribution in [2.45, 2.75) is 163 Å². The summed E-state index contributed by atoms with van der Waals surface area (Å²) in [6.45, 7) is 48.6. The van der Waals surface area contributed by atoms with Crippen LogP contribution in [-0.4, -0.2) is 98.1 Å². The number of aliphatic imine (C=N–C) groups is 5. The maximum absolute atomic E-state index is 6.16. The molecule has 0 bridgehead atoms.